The number of nitrogens with one attached hydrogen (secondary N) is 1. The standard InChI is InChI=1S/C23H20F2N4O4/c1-31-19-6-3-14(20(10-19)32-2)13-29-21-15(12-27-29)9-16(11-26-21)22(30)28-17-4-7-18(8-5-17)33-23(24)25/h3-12,23H,13H2,1-2H3,(H,28,30). The van der Waals surface area contributed by atoms with Crippen molar-refractivity contribution in [1.29, 1.82) is 0 Å². The van der Waals surface area contributed by atoms with E-state index in [2.05, 4.69) is 20.1 Å². The summed E-state index contributed by atoms with van der Waals surface area (Å²) in [5, 5.41) is 7.78. The molecule has 4 rings (SSSR count). The Hall–Kier alpha value is -4.21. The van der Waals surface area contributed by atoms with E-state index < -0.39 is 12.5 Å². The zero-order valence-corrected chi connectivity index (χ0v) is 17.8. The number of carbonyl (C=O) groups excluding carboxylic acids is 1. The van der Waals surface area contributed by atoms with Gasteiger partial charge in [0.2, 0.25) is 0 Å². The van der Waals surface area contributed by atoms with Crippen LogP contribution in [0.4, 0.5) is 14.5 Å². The van der Waals surface area contributed by atoms with E-state index in [0.717, 1.165) is 5.56 Å². The van der Waals surface area contributed by atoms with Crippen LogP contribution in [0, 0.1) is 0 Å². The van der Waals surface area contributed by atoms with E-state index in [1.165, 1.54) is 30.5 Å². The third kappa shape index (κ3) is 5.00. The van der Waals surface area contributed by atoms with Crippen LogP contribution in [0.3, 0.4) is 0 Å². The van der Waals surface area contributed by atoms with Gasteiger partial charge in [0, 0.05) is 28.9 Å². The van der Waals surface area contributed by atoms with Gasteiger partial charge < -0.3 is 19.5 Å². The third-order valence-corrected chi connectivity index (χ3v) is 4.89. The van der Waals surface area contributed by atoms with Crippen molar-refractivity contribution in [2.45, 2.75) is 13.2 Å². The smallest absolute Gasteiger partial charge is 0.387 e. The molecule has 0 aliphatic heterocycles. The molecule has 8 nitrogen and oxygen atoms in total. The highest BCUT2D eigenvalue weighted by molar-refractivity contribution is 6.05. The van der Waals surface area contributed by atoms with Gasteiger partial charge in [-0.1, -0.05) is 0 Å². The normalized spacial score (nSPS) is 10.9. The highest BCUT2D eigenvalue weighted by Gasteiger charge is 2.13. The number of rotatable bonds is 8. The quantitative estimate of drug-likeness (QED) is 0.426. The molecule has 1 amide bonds. The molecule has 2 aromatic carbocycles. The molecule has 0 bridgehead atoms. The van der Waals surface area contributed by atoms with Crippen molar-refractivity contribution >= 4 is 22.6 Å². The molecule has 33 heavy (non-hydrogen) atoms. The van der Waals surface area contributed by atoms with Crippen LogP contribution in [0.25, 0.3) is 11.0 Å². The first-order chi connectivity index (χ1) is 16.0. The summed E-state index contributed by atoms with van der Waals surface area (Å²) in [6.07, 6.45) is 3.08. The second kappa shape index (κ2) is 9.51. The first-order valence-electron chi connectivity index (χ1n) is 9.85. The van der Waals surface area contributed by atoms with E-state index in [-0.39, 0.29) is 5.75 Å². The molecule has 0 saturated heterocycles. The molecule has 170 valence electrons. The predicted octanol–water partition coefficient (Wildman–Crippen LogP) is 4.35. The Labute approximate surface area is 187 Å². The van der Waals surface area contributed by atoms with Crippen LogP contribution >= 0.6 is 0 Å². The first kappa shape index (κ1) is 22.0. The number of nitrogens with zero attached hydrogens (tertiary/aromatic N) is 3. The highest BCUT2D eigenvalue weighted by atomic mass is 19.3. The van der Waals surface area contributed by atoms with Gasteiger partial charge in [-0.15, -0.1) is 0 Å². The van der Waals surface area contributed by atoms with Crippen molar-refractivity contribution in [2.75, 3.05) is 19.5 Å². The van der Waals surface area contributed by atoms with Gasteiger partial charge in [-0.3, -0.25) is 4.79 Å². The van der Waals surface area contributed by atoms with E-state index in [0.29, 0.717) is 40.3 Å². The van der Waals surface area contributed by atoms with Gasteiger partial charge in [0.15, 0.2) is 5.65 Å². The SMILES string of the molecule is COc1ccc(Cn2ncc3cc(C(=O)Nc4ccc(OC(F)F)cc4)cnc32)c(OC)c1. The number of halogens is 2. The molecule has 0 saturated carbocycles. The van der Waals surface area contributed by atoms with Crippen molar-refractivity contribution in [3.8, 4) is 17.2 Å². The van der Waals surface area contributed by atoms with Crippen LogP contribution in [-0.2, 0) is 6.54 Å². The Morgan fingerprint density at radius 3 is 2.48 bits per heavy atom. The topological polar surface area (TPSA) is 87.5 Å². The largest absolute Gasteiger partial charge is 0.497 e. The Morgan fingerprint density at radius 1 is 1.03 bits per heavy atom. The maximum atomic E-state index is 12.6. The maximum absolute atomic E-state index is 12.6. The number of ether oxygens (including phenoxy) is 3. The van der Waals surface area contributed by atoms with Crippen LogP contribution < -0.4 is 19.5 Å². The summed E-state index contributed by atoms with van der Waals surface area (Å²) >= 11 is 0. The van der Waals surface area contributed by atoms with E-state index >= 15 is 0 Å². The van der Waals surface area contributed by atoms with E-state index in [9.17, 15) is 13.6 Å². The van der Waals surface area contributed by atoms with Gasteiger partial charge in [-0.25, -0.2) is 9.67 Å². The number of amides is 1. The minimum Gasteiger partial charge on any atom is -0.497 e. The van der Waals surface area contributed by atoms with Crippen LogP contribution in [0.5, 0.6) is 17.2 Å². The number of hydrogen-bond acceptors (Lipinski definition) is 6. The fraction of sp³-hybridized carbons (Fsp3) is 0.174. The average Bonchev–Trinajstić information content (AvgIpc) is 3.22. The minimum absolute atomic E-state index is 0.00647. The van der Waals surface area contributed by atoms with Crippen LogP contribution in [-0.4, -0.2) is 41.5 Å². The molecule has 0 atom stereocenters. The lowest BCUT2D eigenvalue weighted by molar-refractivity contribution is -0.0498. The lowest BCUT2D eigenvalue weighted by atomic mass is 10.2. The summed E-state index contributed by atoms with van der Waals surface area (Å²) in [6.45, 7) is -2.49. The zero-order valence-electron chi connectivity index (χ0n) is 17.8. The number of methoxy groups -OCH3 is 2. The summed E-state index contributed by atoms with van der Waals surface area (Å²) in [4.78, 5) is 17.0. The number of anilines is 1. The second-order valence-corrected chi connectivity index (χ2v) is 6.97. The Balaban J connectivity index is 1.50. The number of alkyl halides is 2. The van der Waals surface area contributed by atoms with Crippen LogP contribution in [0.2, 0.25) is 0 Å². The van der Waals surface area contributed by atoms with Crippen molar-refractivity contribution in [3.63, 3.8) is 0 Å². The number of fused-ring (bicyclic) bond motifs is 1. The molecule has 0 aliphatic rings. The van der Waals surface area contributed by atoms with Gasteiger partial charge in [0.05, 0.1) is 32.5 Å². The Kier molecular flexibility index (Phi) is 6.34. The van der Waals surface area contributed by atoms with Gasteiger partial charge in [-0.2, -0.15) is 13.9 Å². The predicted molar refractivity (Wildman–Crippen MR) is 117 cm³/mol. The zero-order chi connectivity index (χ0) is 23.4. The van der Waals surface area contributed by atoms with Crippen LogP contribution in [0.1, 0.15) is 15.9 Å². The number of carbonyl (C=O) groups is 1. The third-order valence-electron chi connectivity index (χ3n) is 4.89. The fourth-order valence-corrected chi connectivity index (χ4v) is 3.28. The summed E-state index contributed by atoms with van der Waals surface area (Å²) < 4.78 is 41.2. The monoisotopic (exact) mass is 454 g/mol. The highest BCUT2D eigenvalue weighted by Crippen LogP contribution is 2.26. The number of aromatic nitrogens is 3. The van der Waals surface area contributed by atoms with E-state index in [4.69, 9.17) is 9.47 Å². The lowest BCUT2D eigenvalue weighted by Gasteiger charge is -2.11. The molecule has 0 aliphatic carbocycles. The second-order valence-electron chi connectivity index (χ2n) is 6.97. The summed E-state index contributed by atoms with van der Waals surface area (Å²) in [5.41, 5.74) is 2.27. The molecule has 2 heterocycles. The molecule has 1 N–H and O–H groups in total. The maximum Gasteiger partial charge on any atom is 0.387 e. The van der Waals surface area contributed by atoms with Gasteiger partial charge in [-0.05, 0) is 42.5 Å². The molecule has 0 radical (unpaired) electrons. The average molecular weight is 454 g/mol. The molecule has 2 aromatic heterocycles. The van der Waals surface area contributed by atoms with Crippen molar-refractivity contribution in [3.05, 3.63) is 72.1 Å². The van der Waals surface area contributed by atoms with Crippen molar-refractivity contribution in [2.24, 2.45) is 0 Å². The lowest BCUT2D eigenvalue weighted by Crippen LogP contribution is -2.12. The number of benzene rings is 2. The summed E-state index contributed by atoms with van der Waals surface area (Å²) in [7, 11) is 3.17. The van der Waals surface area contributed by atoms with Gasteiger partial charge in [0.25, 0.3) is 5.91 Å². The molecule has 0 fully saturated rings. The van der Waals surface area contributed by atoms with Crippen molar-refractivity contribution < 1.29 is 27.8 Å². The number of hydrogen-bond donors (Lipinski definition) is 1. The number of pyridine rings is 1. The van der Waals surface area contributed by atoms with Gasteiger partial charge in [0.1, 0.15) is 17.2 Å². The molecular formula is C23H20F2N4O4. The molecule has 0 unspecified atom stereocenters. The Bertz CT molecular complexity index is 1280. The fourth-order valence-electron chi connectivity index (χ4n) is 3.28. The van der Waals surface area contributed by atoms with Crippen LogP contribution in [0.15, 0.2) is 60.9 Å². The van der Waals surface area contributed by atoms with Crippen molar-refractivity contribution in [1.82, 2.24) is 14.8 Å². The molecule has 10 heteroatoms. The first-order valence-corrected chi connectivity index (χ1v) is 9.85. The molecule has 0 spiro atoms. The summed E-state index contributed by atoms with van der Waals surface area (Å²) in [5.74, 6) is 0.966. The molecule has 4 aromatic rings. The molecular weight excluding hydrogens is 434 g/mol. The van der Waals surface area contributed by atoms with Gasteiger partial charge >= 0.3 is 6.61 Å². The Morgan fingerprint density at radius 2 is 1.79 bits per heavy atom. The summed E-state index contributed by atoms with van der Waals surface area (Å²) in [6, 6.07) is 12.9. The minimum atomic E-state index is -2.91. The van der Waals surface area contributed by atoms with E-state index in [1.54, 1.807) is 37.2 Å². The van der Waals surface area contributed by atoms with E-state index in [1.807, 2.05) is 12.1 Å².